The number of hydrogen-bond acceptors (Lipinski definition) is 5. The molecule has 20 heteroatoms. The second-order valence-corrected chi connectivity index (χ2v) is 5.82. The predicted molar refractivity (Wildman–Crippen MR) is 58.9 cm³/mol. The smallest absolute Gasteiger partial charge is 1.00 e. The molecule has 0 unspecified atom stereocenters. The first-order valence-corrected chi connectivity index (χ1v) is 6.83. The van der Waals surface area contributed by atoms with Gasteiger partial charge < -0.3 is 58.8 Å². The van der Waals surface area contributed by atoms with Crippen molar-refractivity contribution >= 4 is 23.5 Å². The van der Waals surface area contributed by atoms with E-state index in [1.54, 1.807) is 0 Å². The fourth-order valence-corrected chi connectivity index (χ4v) is 2.82. The quantitative estimate of drug-likeness (QED) is 0.223. The monoisotopic (exact) mass is 390 g/mol. The van der Waals surface area contributed by atoms with E-state index in [1.807, 2.05) is 0 Å². The molecule has 16 nitrogen and oxygen atoms in total. The molecule has 0 saturated heterocycles. The molecule has 0 aliphatic carbocycles. The minimum absolute atomic E-state index is 0. The summed E-state index contributed by atoms with van der Waals surface area (Å²) < 4.78 is 36.4. The third-order valence-electron chi connectivity index (χ3n) is 0.419. The molecular weight excluding hydrogens is 372 g/mol. The molecule has 20 heavy (non-hydrogen) atoms. The summed E-state index contributed by atoms with van der Waals surface area (Å²) in [5.74, 6) is 0. The first-order chi connectivity index (χ1) is 5.41. The van der Waals surface area contributed by atoms with E-state index >= 15 is 0 Å². The summed E-state index contributed by atoms with van der Waals surface area (Å²) in [4.78, 5) is 40.2. The Morgan fingerprint density at radius 1 is 0.600 bits per heavy atom. The summed E-state index contributed by atoms with van der Waals surface area (Å²) in [6, 6.07) is 0. The van der Waals surface area contributed by atoms with E-state index < -0.39 is 23.5 Å². The van der Waals surface area contributed by atoms with Crippen molar-refractivity contribution in [3.63, 3.8) is 0 Å². The van der Waals surface area contributed by atoms with Gasteiger partial charge in [0.15, 0.2) is 0 Å². The van der Waals surface area contributed by atoms with Gasteiger partial charge in [0.1, 0.15) is 0 Å². The van der Waals surface area contributed by atoms with Crippen molar-refractivity contribution in [3.05, 3.63) is 0 Å². The topological polar surface area (TPSA) is 360 Å². The van der Waals surface area contributed by atoms with Crippen LogP contribution in [-0.2, 0) is 22.3 Å². The third kappa shape index (κ3) is 36.5. The van der Waals surface area contributed by atoms with E-state index in [2.05, 4.69) is 8.62 Å². The zero-order valence-corrected chi connectivity index (χ0v) is 14.3. The number of phosphoric acid groups is 3. The average molecular weight is 390 g/mol. The van der Waals surface area contributed by atoms with Gasteiger partial charge in [-0.05, 0) is 0 Å². The van der Waals surface area contributed by atoms with Crippen LogP contribution in [0.25, 0.3) is 0 Å². The molecule has 0 bridgehead atoms. The van der Waals surface area contributed by atoms with Crippen molar-refractivity contribution in [2.75, 3.05) is 0 Å². The molecule has 0 aromatic heterocycles. The van der Waals surface area contributed by atoms with E-state index in [9.17, 15) is 13.7 Å². The fraction of sp³-hybridized carbons (Fsp3) is 0. The van der Waals surface area contributed by atoms with Crippen LogP contribution in [0.3, 0.4) is 0 Å². The maximum absolute atomic E-state index is 10.4. The second kappa shape index (κ2) is 16.5. The van der Waals surface area contributed by atoms with Crippen molar-refractivity contribution in [1.29, 1.82) is 0 Å². The standard InChI is InChI=1S/Na.H5O10P3.6H2O.H/c;1-11(2,3)9-13(7,8)10-12(4,5)6;;;;;;;/h;(H,7,8)(H2,1,2,3)(H2,4,5,6);6*1H2;/q+1;;;;;;;;-1. The summed E-state index contributed by atoms with van der Waals surface area (Å²) in [5, 5.41) is 0. The van der Waals surface area contributed by atoms with Gasteiger partial charge in [-0.3, -0.25) is 0 Å². The number of hydrogen-bond donors (Lipinski definition) is 5. The summed E-state index contributed by atoms with van der Waals surface area (Å²) in [6.45, 7) is 0. The van der Waals surface area contributed by atoms with E-state index in [1.165, 1.54) is 0 Å². The maximum atomic E-state index is 10.4. The minimum Gasteiger partial charge on any atom is -1.00 e. The van der Waals surface area contributed by atoms with Gasteiger partial charge in [0.2, 0.25) is 0 Å². The molecule has 0 spiro atoms. The van der Waals surface area contributed by atoms with E-state index in [4.69, 9.17) is 24.5 Å². The zero-order chi connectivity index (χ0) is 10.9. The molecule has 0 aliphatic rings. The Kier molecular flexibility index (Phi) is 41.1. The van der Waals surface area contributed by atoms with Crippen LogP contribution in [0.5, 0.6) is 0 Å². The fourth-order valence-electron chi connectivity index (χ4n) is 0.284. The molecule has 130 valence electrons. The van der Waals surface area contributed by atoms with Crippen LogP contribution in [0.4, 0.5) is 0 Å². The molecule has 17 N–H and O–H groups in total. The van der Waals surface area contributed by atoms with E-state index in [0.717, 1.165) is 0 Å². The van der Waals surface area contributed by atoms with Crippen molar-refractivity contribution in [2.24, 2.45) is 0 Å². The first kappa shape index (κ1) is 49.7. The minimum atomic E-state index is -5.46. The third-order valence-corrected chi connectivity index (χ3v) is 3.77. The molecule has 0 saturated carbocycles. The van der Waals surface area contributed by atoms with Crippen LogP contribution in [0.1, 0.15) is 1.43 Å². The summed E-state index contributed by atoms with van der Waals surface area (Å²) in [6.07, 6.45) is 0. The molecule has 0 radical (unpaired) electrons. The van der Waals surface area contributed by atoms with E-state index in [0.29, 0.717) is 0 Å². The van der Waals surface area contributed by atoms with E-state index in [-0.39, 0.29) is 63.8 Å². The Hall–Kier alpha value is 1.17. The predicted octanol–water partition coefficient (Wildman–Crippen LogP) is -8.53. The van der Waals surface area contributed by atoms with Crippen molar-refractivity contribution in [3.8, 4) is 0 Å². The second-order valence-electron chi connectivity index (χ2n) is 1.61. The molecule has 0 rings (SSSR count). The Balaban J connectivity index is -0.0000000257. The average Bonchev–Trinajstić information content (AvgIpc) is 1.43. The molecule has 0 fully saturated rings. The molecule has 0 heterocycles. The Labute approximate surface area is 134 Å². The van der Waals surface area contributed by atoms with Gasteiger partial charge in [0.25, 0.3) is 0 Å². The Morgan fingerprint density at radius 2 is 0.750 bits per heavy atom. The molecular formula is H18NaO16P3. The number of rotatable bonds is 4. The van der Waals surface area contributed by atoms with Crippen LogP contribution in [0.15, 0.2) is 0 Å². The van der Waals surface area contributed by atoms with Crippen molar-refractivity contribution in [2.45, 2.75) is 0 Å². The van der Waals surface area contributed by atoms with Gasteiger partial charge >= 0.3 is 53.0 Å². The van der Waals surface area contributed by atoms with Gasteiger partial charge in [-0.2, -0.15) is 8.62 Å². The SMILES string of the molecule is O.O.O.O.O.O.O=P(O)(O)OP(=O)(O)OP(=O)(O)O.[H-].[Na+]. The zero-order valence-electron chi connectivity index (χ0n) is 10.6. The van der Waals surface area contributed by atoms with Crippen LogP contribution < -0.4 is 29.6 Å². The largest absolute Gasteiger partial charge is 1.00 e. The van der Waals surface area contributed by atoms with Gasteiger partial charge in [-0.15, -0.1) is 0 Å². The first-order valence-electron chi connectivity index (χ1n) is 2.28. The molecule has 0 amide bonds. The van der Waals surface area contributed by atoms with Crippen molar-refractivity contribution in [1.82, 2.24) is 0 Å². The van der Waals surface area contributed by atoms with Gasteiger partial charge in [0.05, 0.1) is 0 Å². The van der Waals surface area contributed by atoms with Crippen LogP contribution in [-0.4, -0.2) is 57.3 Å². The Morgan fingerprint density at radius 3 is 0.850 bits per heavy atom. The molecule has 0 atom stereocenters. The Bertz CT molecular complexity index is 285. The van der Waals surface area contributed by atoms with Gasteiger partial charge in [-0.25, -0.2) is 13.7 Å². The molecule has 0 aliphatic heterocycles. The summed E-state index contributed by atoms with van der Waals surface area (Å²) >= 11 is 0. The molecule has 0 aromatic carbocycles. The summed E-state index contributed by atoms with van der Waals surface area (Å²) in [5.41, 5.74) is 0. The van der Waals surface area contributed by atoms with Crippen molar-refractivity contribution < 1.29 is 111 Å². The maximum Gasteiger partial charge on any atom is 1.00 e. The van der Waals surface area contributed by atoms with Crippen LogP contribution in [0.2, 0.25) is 0 Å². The van der Waals surface area contributed by atoms with Gasteiger partial charge in [0, 0.05) is 0 Å². The van der Waals surface area contributed by atoms with Crippen LogP contribution >= 0.6 is 23.5 Å². The van der Waals surface area contributed by atoms with Crippen LogP contribution in [0, 0.1) is 0 Å². The molecule has 0 aromatic rings. The van der Waals surface area contributed by atoms with Gasteiger partial charge in [-0.1, -0.05) is 0 Å². The summed E-state index contributed by atoms with van der Waals surface area (Å²) in [7, 11) is -16.2. The normalized spacial score (nSPS) is 9.45.